The molecule has 1 atom stereocenters. The lowest BCUT2D eigenvalue weighted by atomic mass is 9.99. The van der Waals surface area contributed by atoms with Gasteiger partial charge < -0.3 is 15.4 Å². The van der Waals surface area contributed by atoms with Gasteiger partial charge in [-0.1, -0.05) is 0 Å². The van der Waals surface area contributed by atoms with Gasteiger partial charge in [-0.15, -0.1) is 36.2 Å². The molecule has 1 saturated heterocycles. The van der Waals surface area contributed by atoms with Gasteiger partial charge in [0.05, 0.1) is 19.1 Å². The number of halogens is 2. The summed E-state index contributed by atoms with van der Waals surface area (Å²) in [6, 6.07) is 0. The van der Waals surface area contributed by atoms with Crippen molar-refractivity contribution in [1.29, 1.82) is 0 Å². The zero-order chi connectivity index (χ0) is 14.4. The quantitative estimate of drug-likeness (QED) is 0.773. The Morgan fingerprint density at radius 2 is 2.27 bits per heavy atom. The van der Waals surface area contributed by atoms with Crippen molar-refractivity contribution in [2.75, 3.05) is 19.7 Å². The second kappa shape index (κ2) is 10.8. The first-order chi connectivity index (χ1) is 9.70. The molecular weight excluding hydrogens is 349 g/mol. The number of amides is 1. The van der Waals surface area contributed by atoms with Crippen LogP contribution in [0, 0.1) is 5.92 Å². The third kappa shape index (κ3) is 6.08. The Labute approximate surface area is 146 Å². The molecule has 0 aromatic carbocycles. The molecule has 1 aromatic heterocycles. The zero-order valence-electron chi connectivity index (χ0n) is 12.3. The third-order valence-electron chi connectivity index (χ3n) is 3.12. The monoisotopic (exact) mass is 369 g/mol. The lowest BCUT2D eigenvalue weighted by molar-refractivity contribution is -0.125. The topological polar surface area (TPSA) is 80.3 Å². The molecule has 1 amide bonds. The van der Waals surface area contributed by atoms with Crippen LogP contribution in [0.4, 0.5) is 0 Å². The number of nitrogens with zero attached hydrogens (tertiary/aromatic N) is 1. The Morgan fingerprint density at radius 1 is 1.50 bits per heavy atom. The minimum atomic E-state index is -0.419. The number of rotatable bonds is 5. The maximum absolute atomic E-state index is 11.9. The van der Waals surface area contributed by atoms with E-state index in [4.69, 9.17) is 4.74 Å². The van der Waals surface area contributed by atoms with Crippen molar-refractivity contribution in [3.63, 3.8) is 0 Å². The van der Waals surface area contributed by atoms with Crippen LogP contribution in [0.3, 0.4) is 0 Å². The fourth-order valence-corrected chi connectivity index (χ4v) is 2.78. The maximum atomic E-state index is 11.9. The summed E-state index contributed by atoms with van der Waals surface area (Å²) in [7, 11) is 0. The molecule has 1 aliphatic heterocycles. The number of carbonyl (C=O) groups excluding carboxylic acids is 2. The average molecular weight is 370 g/mol. The Kier molecular flexibility index (Phi) is 10.3. The Morgan fingerprint density at radius 3 is 2.91 bits per heavy atom. The maximum Gasteiger partial charge on any atom is 0.357 e. The highest BCUT2D eigenvalue weighted by Gasteiger charge is 2.21. The van der Waals surface area contributed by atoms with Gasteiger partial charge in [0, 0.05) is 11.9 Å². The van der Waals surface area contributed by atoms with Crippen LogP contribution in [0.1, 0.15) is 35.3 Å². The van der Waals surface area contributed by atoms with Gasteiger partial charge in [0.25, 0.3) is 0 Å². The molecule has 0 bridgehead atoms. The third-order valence-corrected chi connectivity index (χ3v) is 3.97. The summed E-state index contributed by atoms with van der Waals surface area (Å²) >= 11 is 1.35. The Hall–Kier alpha value is -0.890. The van der Waals surface area contributed by atoms with Gasteiger partial charge in [0.1, 0.15) is 5.01 Å². The minimum absolute atomic E-state index is 0. The van der Waals surface area contributed by atoms with Crippen LogP contribution in [0.2, 0.25) is 0 Å². The number of hydrogen-bond acceptors (Lipinski definition) is 6. The molecule has 1 unspecified atom stereocenters. The SMILES string of the molecule is CCOC(=O)c1csc(CNC(=O)C2CCCNC2)n1.Cl.Cl. The average Bonchev–Trinajstić information content (AvgIpc) is 2.95. The molecular formula is C13H21Cl2N3O3S. The number of carbonyl (C=O) groups is 2. The number of thiazole rings is 1. The summed E-state index contributed by atoms with van der Waals surface area (Å²) in [5.41, 5.74) is 0.306. The molecule has 9 heteroatoms. The van der Waals surface area contributed by atoms with E-state index >= 15 is 0 Å². The van der Waals surface area contributed by atoms with Gasteiger partial charge in [-0.2, -0.15) is 0 Å². The molecule has 6 nitrogen and oxygen atoms in total. The van der Waals surface area contributed by atoms with Gasteiger partial charge in [-0.3, -0.25) is 4.79 Å². The van der Waals surface area contributed by atoms with E-state index in [2.05, 4.69) is 15.6 Å². The van der Waals surface area contributed by atoms with Crippen LogP contribution < -0.4 is 10.6 Å². The van der Waals surface area contributed by atoms with E-state index in [1.54, 1.807) is 12.3 Å². The van der Waals surface area contributed by atoms with Crippen LogP contribution in [-0.4, -0.2) is 36.6 Å². The van der Waals surface area contributed by atoms with Gasteiger partial charge in [-0.05, 0) is 26.3 Å². The van der Waals surface area contributed by atoms with Crippen LogP contribution in [0.5, 0.6) is 0 Å². The van der Waals surface area contributed by atoms with Gasteiger partial charge >= 0.3 is 5.97 Å². The van der Waals surface area contributed by atoms with E-state index in [1.165, 1.54) is 11.3 Å². The van der Waals surface area contributed by atoms with Crippen molar-refractivity contribution in [2.45, 2.75) is 26.3 Å². The lowest BCUT2D eigenvalue weighted by Crippen LogP contribution is -2.40. The van der Waals surface area contributed by atoms with E-state index in [0.717, 1.165) is 25.9 Å². The molecule has 0 spiro atoms. The first-order valence-corrected chi connectivity index (χ1v) is 7.68. The van der Waals surface area contributed by atoms with Crippen molar-refractivity contribution in [2.24, 2.45) is 5.92 Å². The van der Waals surface area contributed by atoms with Crippen molar-refractivity contribution in [3.8, 4) is 0 Å². The van der Waals surface area contributed by atoms with Crippen molar-refractivity contribution in [3.05, 3.63) is 16.1 Å². The van der Waals surface area contributed by atoms with Crippen molar-refractivity contribution >= 4 is 48.0 Å². The van der Waals surface area contributed by atoms with E-state index in [9.17, 15) is 9.59 Å². The van der Waals surface area contributed by atoms with Gasteiger partial charge in [0.15, 0.2) is 5.69 Å². The number of nitrogens with one attached hydrogen (secondary N) is 2. The number of esters is 1. The summed E-state index contributed by atoms with van der Waals surface area (Å²) in [6.45, 7) is 4.16. The predicted octanol–water partition coefficient (Wildman–Crippen LogP) is 1.78. The van der Waals surface area contributed by atoms with Crippen molar-refractivity contribution < 1.29 is 14.3 Å². The zero-order valence-corrected chi connectivity index (χ0v) is 14.7. The molecule has 1 fully saturated rings. The number of aromatic nitrogens is 1. The van der Waals surface area contributed by atoms with Crippen LogP contribution in [-0.2, 0) is 16.1 Å². The van der Waals surface area contributed by atoms with Gasteiger partial charge in [0.2, 0.25) is 5.91 Å². The number of ether oxygens (including phenoxy) is 1. The second-order valence-corrected chi connectivity index (χ2v) is 5.55. The van der Waals surface area contributed by atoms with E-state index in [-0.39, 0.29) is 36.6 Å². The molecule has 0 saturated carbocycles. The normalized spacial score (nSPS) is 16.9. The highest BCUT2D eigenvalue weighted by atomic mass is 35.5. The summed E-state index contributed by atoms with van der Waals surface area (Å²) < 4.78 is 4.87. The van der Waals surface area contributed by atoms with E-state index < -0.39 is 5.97 Å². The molecule has 0 radical (unpaired) electrons. The molecule has 22 heavy (non-hydrogen) atoms. The van der Waals surface area contributed by atoms with E-state index in [0.29, 0.717) is 23.9 Å². The van der Waals surface area contributed by atoms with Crippen LogP contribution in [0.15, 0.2) is 5.38 Å². The van der Waals surface area contributed by atoms with Crippen LogP contribution in [0.25, 0.3) is 0 Å². The first kappa shape index (κ1) is 21.1. The summed E-state index contributed by atoms with van der Waals surface area (Å²) in [4.78, 5) is 27.6. The molecule has 126 valence electrons. The Balaban J connectivity index is 0.00000220. The smallest absolute Gasteiger partial charge is 0.357 e. The highest BCUT2D eigenvalue weighted by molar-refractivity contribution is 7.09. The second-order valence-electron chi connectivity index (χ2n) is 4.61. The van der Waals surface area contributed by atoms with Crippen LogP contribution >= 0.6 is 36.2 Å². The summed E-state index contributed by atoms with van der Waals surface area (Å²) in [5, 5.41) is 8.45. The Bertz CT molecular complexity index is 479. The minimum Gasteiger partial charge on any atom is -0.461 e. The molecule has 2 N–H and O–H groups in total. The lowest BCUT2D eigenvalue weighted by Gasteiger charge is -2.21. The largest absolute Gasteiger partial charge is 0.461 e. The standard InChI is InChI=1S/C13H19N3O3S.2ClH/c1-2-19-13(18)10-8-20-11(16-10)7-15-12(17)9-4-3-5-14-6-9;;/h8-9,14H,2-7H2,1H3,(H,15,17);2*1H. The summed E-state index contributed by atoms with van der Waals surface area (Å²) in [6.07, 6.45) is 1.95. The first-order valence-electron chi connectivity index (χ1n) is 6.80. The number of piperidine rings is 1. The molecule has 2 rings (SSSR count). The molecule has 1 aliphatic rings. The number of hydrogen-bond donors (Lipinski definition) is 2. The predicted molar refractivity (Wildman–Crippen MR) is 90.0 cm³/mol. The fourth-order valence-electron chi connectivity index (χ4n) is 2.07. The molecule has 2 heterocycles. The van der Waals surface area contributed by atoms with Gasteiger partial charge in [-0.25, -0.2) is 9.78 Å². The molecule has 1 aromatic rings. The fraction of sp³-hybridized carbons (Fsp3) is 0.615. The highest BCUT2D eigenvalue weighted by Crippen LogP contribution is 2.13. The van der Waals surface area contributed by atoms with E-state index in [1.807, 2.05) is 0 Å². The molecule has 0 aliphatic carbocycles. The van der Waals surface area contributed by atoms with Crippen molar-refractivity contribution in [1.82, 2.24) is 15.6 Å². The summed E-state index contributed by atoms with van der Waals surface area (Å²) in [5.74, 6) is -0.337.